The van der Waals surface area contributed by atoms with Gasteiger partial charge in [0, 0.05) is 79.1 Å². The average molecular weight is 432 g/mol. The highest BCUT2D eigenvalue weighted by atomic mass is 16.5. The molecule has 0 spiro atoms. The third-order valence-electron chi connectivity index (χ3n) is 5.87. The number of hydrogen-bond acceptors (Lipinski definition) is 6. The highest BCUT2D eigenvalue weighted by Gasteiger charge is 2.20. The lowest BCUT2D eigenvalue weighted by molar-refractivity contribution is 0.394. The molecule has 2 aromatic carbocycles. The van der Waals surface area contributed by atoms with Crippen LogP contribution in [0.25, 0.3) is 22.0 Å². The maximum absolute atomic E-state index is 5.44. The number of methoxy groups -OCH3 is 2. The molecule has 1 aliphatic rings. The van der Waals surface area contributed by atoms with Gasteiger partial charge in [-0.3, -0.25) is 10.1 Å². The summed E-state index contributed by atoms with van der Waals surface area (Å²) >= 11 is 0. The van der Waals surface area contributed by atoms with Crippen LogP contribution in [-0.2, 0) is 0 Å². The Morgan fingerprint density at radius 2 is 1.56 bits per heavy atom. The first-order chi connectivity index (χ1) is 15.2. The second kappa shape index (κ2) is 9.18. The van der Waals surface area contributed by atoms with Crippen molar-refractivity contribution in [3.05, 3.63) is 61.1 Å². The fourth-order valence-corrected chi connectivity index (χ4v) is 4.18. The van der Waals surface area contributed by atoms with E-state index in [1.165, 1.54) is 5.69 Å². The van der Waals surface area contributed by atoms with Crippen molar-refractivity contribution in [2.24, 2.45) is 0 Å². The van der Waals surface area contributed by atoms with Gasteiger partial charge in [-0.25, -0.2) is 0 Å². The van der Waals surface area contributed by atoms with E-state index >= 15 is 0 Å². The van der Waals surface area contributed by atoms with Crippen LogP contribution in [-0.4, -0.2) is 55.6 Å². The van der Waals surface area contributed by atoms with Gasteiger partial charge in [0.15, 0.2) is 0 Å². The second-order valence-electron chi connectivity index (χ2n) is 7.59. The standard InChI is InChI=1S/C24H25N5O2.CH4/c1-30-20-12-19(13-21(14-20)31-2)28-7-9-29(10-8-28)24-5-6-25-23-4-3-17(11-22(23)24)18-15-26-27-16-18;/h3-6,11-16H,7-10H2,1-2H3,(H,26,27);1H4. The molecule has 3 heterocycles. The molecule has 1 N–H and O–H groups in total. The predicted octanol–water partition coefficient (Wildman–Crippen LogP) is 4.60. The number of nitrogens with one attached hydrogen (secondary N) is 1. The Morgan fingerprint density at radius 3 is 2.22 bits per heavy atom. The maximum atomic E-state index is 5.44. The van der Waals surface area contributed by atoms with Crippen LogP contribution in [0, 0.1) is 0 Å². The van der Waals surface area contributed by atoms with Crippen LogP contribution < -0.4 is 19.3 Å². The van der Waals surface area contributed by atoms with E-state index in [4.69, 9.17) is 9.47 Å². The molecule has 7 heteroatoms. The average Bonchev–Trinajstić information content (AvgIpc) is 3.38. The molecule has 5 rings (SSSR count). The van der Waals surface area contributed by atoms with Crippen molar-refractivity contribution < 1.29 is 9.47 Å². The molecule has 1 saturated heterocycles. The summed E-state index contributed by atoms with van der Waals surface area (Å²) in [5, 5.41) is 8.13. The van der Waals surface area contributed by atoms with Gasteiger partial charge in [0.2, 0.25) is 0 Å². The van der Waals surface area contributed by atoms with E-state index in [-0.39, 0.29) is 7.43 Å². The van der Waals surface area contributed by atoms with Crippen LogP contribution in [0.2, 0.25) is 0 Å². The predicted molar refractivity (Wildman–Crippen MR) is 130 cm³/mol. The first-order valence-corrected chi connectivity index (χ1v) is 10.4. The number of rotatable bonds is 5. The number of pyridine rings is 1. The van der Waals surface area contributed by atoms with Gasteiger partial charge in [-0.2, -0.15) is 5.10 Å². The van der Waals surface area contributed by atoms with Crippen LogP contribution in [0.1, 0.15) is 7.43 Å². The lowest BCUT2D eigenvalue weighted by Crippen LogP contribution is -2.46. The number of aromatic amines is 1. The molecule has 1 fully saturated rings. The van der Waals surface area contributed by atoms with E-state index < -0.39 is 0 Å². The van der Waals surface area contributed by atoms with Crippen molar-refractivity contribution in [2.75, 3.05) is 50.2 Å². The van der Waals surface area contributed by atoms with Crippen LogP contribution in [0.5, 0.6) is 11.5 Å². The summed E-state index contributed by atoms with van der Waals surface area (Å²) < 4.78 is 10.9. The summed E-state index contributed by atoms with van der Waals surface area (Å²) in [6.07, 6.45) is 5.66. The van der Waals surface area contributed by atoms with Gasteiger partial charge >= 0.3 is 0 Å². The number of aromatic nitrogens is 3. The largest absolute Gasteiger partial charge is 0.497 e. The lowest BCUT2D eigenvalue weighted by Gasteiger charge is -2.38. The maximum Gasteiger partial charge on any atom is 0.124 e. The molecule has 1 aliphatic heterocycles. The van der Waals surface area contributed by atoms with E-state index in [9.17, 15) is 0 Å². The molecule has 0 bridgehead atoms. The van der Waals surface area contributed by atoms with Gasteiger partial charge in [-0.15, -0.1) is 0 Å². The van der Waals surface area contributed by atoms with E-state index in [1.807, 2.05) is 24.7 Å². The minimum atomic E-state index is 0. The molecule has 0 amide bonds. The molecule has 0 aliphatic carbocycles. The molecule has 166 valence electrons. The third-order valence-corrected chi connectivity index (χ3v) is 5.87. The Labute approximate surface area is 188 Å². The van der Waals surface area contributed by atoms with Crippen molar-refractivity contribution >= 4 is 22.3 Å². The molecule has 0 saturated carbocycles. The van der Waals surface area contributed by atoms with Crippen LogP contribution in [0.3, 0.4) is 0 Å². The van der Waals surface area contributed by atoms with Crippen molar-refractivity contribution in [1.29, 1.82) is 0 Å². The zero-order chi connectivity index (χ0) is 21.2. The quantitative estimate of drug-likeness (QED) is 0.498. The smallest absolute Gasteiger partial charge is 0.124 e. The van der Waals surface area contributed by atoms with Crippen LogP contribution in [0.4, 0.5) is 11.4 Å². The number of anilines is 2. The van der Waals surface area contributed by atoms with E-state index in [1.54, 1.807) is 14.2 Å². The fourth-order valence-electron chi connectivity index (χ4n) is 4.18. The number of fused-ring (bicyclic) bond motifs is 1. The normalized spacial score (nSPS) is 13.7. The van der Waals surface area contributed by atoms with Crippen molar-refractivity contribution in [3.8, 4) is 22.6 Å². The number of benzene rings is 2. The molecule has 0 atom stereocenters. The zero-order valence-corrected chi connectivity index (χ0v) is 17.7. The summed E-state index contributed by atoms with van der Waals surface area (Å²) in [5.74, 6) is 1.62. The van der Waals surface area contributed by atoms with E-state index in [2.05, 4.69) is 61.4 Å². The molecule has 32 heavy (non-hydrogen) atoms. The van der Waals surface area contributed by atoms with Gasteiger partial charge in [0.1, 0.15) is 11.5 Å². The highest BCUT2D eigenvalue weighted by molar-refractivity contribution is 5.94. The van der Waals surface area contributed by atoms with Gasteiger partial charge in [0.05, 0.1) is 25.9 Å². The van der Waals surface area contributed by atoms with Gasteiger partial charge in [0.25, 0.3) is 0 Å². The molecule has 4 aromatic rings. The van der Waals surface area contributed by atoms with E-state index in [0.717, 1.165) is 65.4 Å². The number of ether oxygens (including phenoxy) is 2. The number of piperazine rings is 1. The van der Waals surface area contributed by atoms with Crippen molar-refractivity contribution in [2.45, 2.75) is 7.43 Å². The molecule has 7 nitrogen and oxygen atoms in total. The van der Waals surface area contributed by atoms with Gasteiger partial charge in [-0.1, -0.05) is 13.5 Å². The zero-order valence-electron chi connectivity index (χ0n) is 17.7. The number of hydrogen-bond donors (Lipinski definition) is 1. The molecular formula is C25H29N5O2. The Kier molecular flexibility index (Phi) is 6.16. The molecular weight excluding hydrogens is 402 g/mol. The molecule has 0 unspecified atom stereocenters. The minimum Gasteiger partial charge on any atom is -0.497 e. The third kappa shape index (κ3) is 4.06. The Bertz CT molecular complexity index is 1160. The van der Waals surface area contributed by atoms with Crippen LogP contribution in [0.15, 0.2) is 61.1 Å². The summed E-state index contributed by atoms with van der Waals surface area (Å²) in [4.78, 5) is 9.39. The Morgan fingerprint density at radius 1 is 0.844 bits per heavy atom. The summed E-state index contributed by atoms with van der Waals surface area (Å²) in [6.45, 7) is 3.69. The molecule has 0 radical (unpaired) electrons. The summed E-state index contributed by atoms with van der Waals surface area (Å²) in [7, 11) is 3.37. The minimum absolute atomic E-state index is 0. The first-order valence-electron chi connectivity index (χ1n) is 10.4. The Balaban J connectivity index is 0.00000245. The highest BCUT2D eigenvalue weighted by Crippen LogP contribution is 2.32. The monoisotopic (exact) mass is 431 g/mol. The number of H-pyrrole nitrogens is 1. The Hall–Kier alpha value is -3.74. The van der Waals surface area contributed by atoms with Crippen molar-refractivity contribution in [1.82, 2.24) is 15.2 Å². The van der Waals surface area contributed by atoms with Gasteiger partial charge < -0.3 is 19.3 Å². The topological polar surface area (TPSA) is 66.5 Å². The second-order valence-corrected chi connectivity index (χ2v) is 7.59. The summed E-state index contributed by atoms with van der Waals surface area (Å²) in [5.41, 5.74) is 5.56. The fraction of sp³-hybridized carbons (Fsp3) is 0.280. The van der Waals surface area contributed by atoms with Crippen LogP contribution >= 0.6 is 0 Å². The summed E-state index contributed by atoms with van der Waals surface area (Å²) in [6, 6.07) is 14.5. The lowest BCUT2D eigenvalue weighted by atomic mass is 10.0. The molecule has 2 aromatic heterocycles. The van der Waals surface area contributed by atoms with Gasteiger partial charge in [-0.05, 0) is 23.8 Å². The van der Waals surface area contributed by atoms with Crippen molar-refractivity contribution in [3.63, 3.8) is 0 Å². The van der Waals surface area contributed by atoms with E-state index in [0.29, 0.717) is 0 Å². The first kappa shape index (κ1) is 21.5. The number of nitrogens with zero attached hydrogens (tertiary/aromatic N) is 4. The SMILES string of the molecule is C.COc1cc(OC)cc(N2CCN(c3ccnc4ccc(-c5cn[nH]c5)cc34)CC2)c1.